The van der Waals surface area contributed by atoms with Crippen LogP contribution in [0.1, 0.15) is 47.6 Å². The van der Waals surface area contributed by atoms with Gasteiger partial charge in [-0.2, -0.15) is 0 Å². The van der Waals surface area contributed by atoms with Crippen LogP contribution in [0.4, 0.5) is 11.4 Å². The summed E-state index contributed by atoms with van der Waals surface area (Å²) in [5.41, 5.74) is 4.43. The molecule has 1 N–H and O–H groups in total. The summed E-state index contributed by atoms with van der Waals surface area (Å²) in [7, 11) is 1.59. The number of hydrogen-bond donors (Lipinski definition) is 1. The molecule has 0 radical (unpaired) electrons. The lowest BCUT2D eigenvalue weighted by Crippen LogP contribution is -2.30. The van der Waals surface area contributed by atoms with E-state index in [4.69, 9.17) is 4.74 Å². The van der Waals surface area contributed by atoms with E-state index in [1.807, 2.05) is 50.2 Å². The molecule has 2 aliphatic rings. The largest absolute Gasteiger partial charge is 0.507 e. The number of piperidine rings is 1. The summed E-state index contributed by atoms with van der Waals surface area (Å²) in [6, 6.07) is 14.1. The number of benzene rings is 2. The minimum absolute atomic E-state index is 0.0470. The molecule has 3 heterocycles. The maximum absolute atomic E-state index is 13.5. The molecule has 1 amide bonds. The van der Waals surface area contributed by atoms with Crippen LogP contribution in [0, 0.1) is 13.8 Å². The van der Waals surface area contributed by atoms with Crippen molar-refractivity contribution in [1.82, 2.24) is 4.98 Å². The van der Waals surface area contributed by atoms with E-state index in [0.29, 0.717) is 22.6 Å². The van der Waals surface area contributed by atoms with Gasteiger partial charge < -0.3 is 14.7 Å². The van der Waals surface area contributed by atoms with Crippen molar-refractivity contribution >= 4 is 28.8 Å². The lowest BCUT2D eigenvalue weighted by Gasteiger charge is -2.30. The van der Waals surface area contributed by atoms with Crippen molar-refractivity contribution in [1.29, 1.82) is 0 Å². The molecule has 2 saturated heterocycles. The zero-order valence-electron chi connectivity index (χ0n) is 21.4. The molecule has 37 heavy (non-hydrogen) atoms. The van der Waals surface area contributed by atoms with Crippen LogP contribution in [-0.4, -0.2) is 42.0 Å². The zero-order chi connectivity index (χ0) is 26.1. The van der Waals surface area contributed by atoms with Gasteiger partial charge in [-0.25, -0.2) is 0 Å². The highest BCUT2D eigenvalue weighted by molar-refractivity contribution is 6.51. The van der Waals surface area contributed by atoms with E-state index in [1.54, 1.807) is 31.6 Å². The Morgan fingerprint density at radius 1 is 0.973 bits per heavy atom. The third-order valence-electron chi connectivity index (χ3n) is 7.29. The Bertz CT molecular complexity index is 1360. The second-order valence-corrected chi connectivity index (χ2v) is 9.66. The van der Waals surface area contributed by atoms with Gasteiger partial charge in [0.15, 0.2) is 0 Å². The summed E-state index contributed by atoms with van der Waals surface area (Å²) in [5.74, 6) is -0.918. The number of aliphatic hydroxyl groups is 1. The van der Waals surface area contributed by atoms with E-state index in [9.17, 15) is 14.7 Å². The normalized spacial score (nSPS) is 19.4. The van der Waals surface area contributed by atoms with Crippen LogP contribution >= 0.6 is 0 Å². The quantitative estimate of drug-likeness (QED) is 0.292. The predicted molar refractivity (Wildman–Crippen MR) is 144 cm³/mol. The maximum Gasteiger partial charge on any atom is 0.300 e. The monoisotopic (exact) mass is 497 g/mol. The number of carbonyl (C=O) groups excluding carboxylic acids is 2. The molecule has 2 aromatic carbocycles. The number of carbonyl (C=O) groups is 2. The van der Waals surface area contributed by atoms with Gasteiger partial charge in [0.05, 0.1) is 18.7 Å². The van der Waals surface area contributed by atoms with Gasteiger partial charge in [-0.05, 0) is 92.3 Å². The van der Waals surface area contributed by atoms with E-state index >= 15 is 0 Å². The van der Waals surface area contributed by atoms with Crippen LogP contribution in [0.25, 0.3) is 5.76 Å². The molecule has 1 unspecified atom stereocenters. The smallest absolute Gasteiger partial charge is 0.300 e. The van der Waals surface area contributed by atoms with Crippen molar-refractivity contribution in [2.45, 2.75) is 39.2 Å². The first-order chi connectivity index (χ1) is 17.9. The van der Waals surface area contributed by atoms with Crippen molar-refractivity contribution < 1.29 is 19.4 Å². The number of anilines is 2. The molecular formula is C30H31N3O4. The molecule has 0 spiro atoms. The fraction of sp³-hybridized carbons (Fsp3) is 0.300. The minimum atomic E-state index is -0.809. The summed E-state index contributed by atoms with van der Waals surface area (Å²) in [5, 5.41) is 11.5. The molecule has 0 aliphatic carbocycles. The van der Waals surface area contributed by atoms with Crippen LogP contribution in [0.5, 0.6) is 5.75 Å². The van der Waals surface area contributed by atoms with Crippen LogP contribution in [0.2, 0.25) is 0 Å². The van der Waals surface area contributed by atoms with Crippen LogP contribution in [0.15, 0.2) is 66.5 Å². The van der Waals surface area contributed by atoms with E-state index in [2.05, 4.69) is 9.88 Å². The molecule has 0 bridgehead atoms. The number of ketones is 1. The first-order valence-corrected chi connectivity index (χ1v) is 12.6. The highest BCUT2D eigenvalue weighted by Gasteiger charge is 2.47. The van der Waals surface area contributed by atoms with Crippen LogP contribution < -0.4 is 14.5 Å². The van der Waals surface area contributed by atoms with E-state index in [1.165, 1.54) is 24.2 Å². The lowest BCUT2D eigenvalue weighted by atomic mass is 9.93. The van der Waals surface area contributed by atoms with Crippen molar-refractivity contribution in [3.63, 3.8) is 0 Å². The Morgan fingerprint density at radius 2 is 1.68 bits per heavy atom. The number of ether oxygens (including phenoxy) is 1. The number of aromatic nitrogens is 1. The Labute approximate surface area is 217 Å². The molecule has 190 valence electrons. The van der Waals surface area contributed by atoms with Gasteiger partial charge in [0.2, 0.25) is 0 Å². The predicted octanol–water partition coefficient (Wildman–Crippen LogP) is 5.32. The van der Waals surface area contributed by atoms with Gasteiger partial charge in [-0.3, -0.25) is 19.5 Å². The molecule has 0 saturated carbocycles. The number of hydrogen-bond acceptors (Lipinski definition) is 6. The molecule has 7 nitrogen and oxygen atoms in total. The van der Waals surface area contributed by atoms with Crippen molar-refractivity contribution in [2.75, 3.05) is 30.0 Å². The third kappa shape index (κ3) is 4.46. The number of amides is 1. The molecule has 5 rings (SSSR count). The minimum Gasteiger partial charge on any atom is -0.507 e. The second kappa shape index (κ2) is 10.1. The summed E-state index contributed by atoms with van der Waals surface area (Å²) in [4.78, 5) is 35.0. The topological polar surface area (TPSA) is 83.0 Å². The summed E-state index contributed by atoms with van der Waals surface area (Å²) in [6.45, 7) is 5.74. The molecule has 3 aromatic rings. The fourth-order valence-electron chi connectivity index (χ4n) is 5.34. The van der Waals surface area contributed by atoms with Gasteiger partial charge in [-0.15, -0.1) is 0 Å². The van der Waals surface area contributed by atoms with Gasteiger partial charge in [0, 0.05) is 42.4 Å². The van der Waals surface area contributed by atoms with E-state index < -0.39 is 17.7 Å². The first-order valence-electron chi connectivity index (χ1n) is 12.6. The van der Waals surface area contributed by atoms with Gasteiger partial charge >= 0.3 is 0 Å². The lowest BCUT2D eigenvalue weighted by molar-refractivity contribution is -0.132. The summed E-state index contributed by atoms with van der Waals surface area (Å²) < 4.78 is 5.40. The highest BCUT2D eigenvalue weighted by atomic mass is 16.5. The van der Waals surface area contributed by atoms with Crippen LogP contribution in [-0.2, 0) is 9.59 Å². The first kappa shape index (κ1) is 24.6. The number of aryl methyl sites for hydroxylation is 2. The molecule has 2 aliphatic heterocycles. The number of pyridine rings is 1. The Kier molecular flexibility index (Phi) is 6.70. The summed E-state index contributed by atoms with van der Waals surface area (Å²) in [6.07, 6.45) is 6.85. The Balaban J connectivity index is 1.62. The van der Waals surface area contributed by atoms with Crippen molar-refractivity contribution in [3.8, 4) is 5.75 Å². The molecule has 1 atom stereocenters. The number of rotatable bonds is 5. The number of methoxy groups -OCH3 is 1. The Morgan fingerprint density at radius 3 is 2.32 bits per heavy atom. The van der Waals surface area contributed by atoms with Gasteiger partial charge in [0.1, 0.15) is 11.5 Å². The highest BCUT2D eigenvalue weighted by Crippen LogP contribution is 2.43. The standard InChI is InChI=1S/C30H31N3O4/c1-19-17-25(37-3)20(2)16-24(19)28(34)26-27(21-8-7-13-31-18-21)33(30(36)29(26)35)23-11-9-22(10-12-23)32-14-5-4-6-15-32/h7-13,16-18,27,34H,4-6,14-15H2,1-3H3/b28-26+. The fourth-order valence-corrected chi connectivity index (χ4v) is 5.34. The third-order valence-corrected chi connectivity index (χ3v) is 7.29. The van der Waals surface area contributed by atoms with E-state index in [-0.39, 0.29) is 11.3 Å². The number of Topliss-reactive ketones (excluding diaryl/α,β-unsaturated/α-hetero) is 1. The molecule has 7 heteroatoms. The van der Waals surface area contributed by atoms with Gasteiger partial charge in [0.25, 0.3) is 11.7 Å². The molecule has 1 aromatic heterocycles. The second-order valence-electron chi connectivity index (χ2n) is 9.66. The molecule has 2 fully saturated rings. The Hall–Kier alpha value is -4.13. The van der Waals surface area contributed by atoms with Crippen LogP contribution in [0.3, 0.4) is 0 Å². The van der Waals surface area contributed by atoms with Crippen molar-refractivity contribution in [3.05, 3.63) is 88.8 Å². The average molecular weight is 498 g/mol. The number of aliphatic hydroxyl groups excluding tert-OH is 1. The summed E-state index contributed by atoms with van der Waals surface area (Å²) >= 11 is 0. The molecular weight excluding hydrogens is 466 g/mol. The van der Waals surface area contributed by atoms with Gasteiger partial charge in [-0.1, -0.05) is 6.07 Å². The number of nitrogens with zero attached hydrogens (tertiary/aromatic N) is 3. The average Bonchev–Trinajstić information content (AvgIpc) is 3.20. The SMILES string of the molecule is COc1cc(C)c(/C(O)=C2\C(=O)C(=O)N(c3ccc(N4CCCCC4)cc3)C2c2cccnc2)cc1C. The zero-order valence-corrected chi connectivity index (χ0v) is 21.4. The van der Waals surface area contributed by atoms with E-state index in [0.717, 1.165) is 29.9 Å². The maximum atomic E-state index is 13.5. The van der Waals surface area contributed by atoms with Crippen molar-refractivity contribution in [2.24, 2.45) is 0 Å².